The second-order valence-electron chi connectivity index (χ2n) is 8.25. The molecule has 0 aromatic heterocycles. The van der Waals surface area contributed by atoms with Gasteiger partial charge in [0.05, 0.1) is 6.10 Å². The molecule has 0 amide bonds. The van der Waals surface area contributed by atoms with Crippen LogP contribution in [0.5, 0.6) is 0 Å². The molecule has 0 aromatic carbocycles. The maximum Gasteiger partial charge on any atom is 0.192 e. The molecule has 0 radical (unpaired) electrons. The van der Waals surface area contributed by atoms with E-state index in [0.717, 1.165) is 6.29 Å². The van der Waals surface area contributed by atoms with Crippen molar-refractivity contribution in [3.8, 4) is 0 Å². The van der Waals surface area contributed by atoms with Gasteiger partial charge in [0, 0.05) is 18.3 Å². The Kier molecular flexibility index (Phi) is 9.67. The number of rotatable bonds is 10. The van der Waals surface area contributed by atoms with Crippen LogP contribution < -0.4 is 0 Å². The molecule has 0 bridgehead atoms. The first-order valence-electron chi connectivity index (χ1n) is 8.90. The lowest BCUT2D eigenvalue weighted by Gasteiger charge is -2.38. The highest BCUT2D eigenvalue weighted by atomic mass is 28.4. The topological polar surface area (TPSA) is 43.4 Å². The van der Waals surface area contributed by atoms with Gasteiger partial charge in [-0.25, -0.2) is 0 Å². The number of hydrogen-bond donors (Lipinski definition) is 0. The minimum atomic E-state index is -1.95. The lowest BCUT2D eigenvalue weighted by molar-refractivity contribution is -0.124. The molecule has 3 nitrogen and oxygen atoms in total. The Hall–Kier alpha value is -1.00. The van der Waals surface area contributed by atoms with Crippen LogP contribution in [0, 0.1) is 11.8 Å². The largest absolute Gasteiger partial charge is 0.410 e. The summed E-state index contributed by atoms with van der Waals surface area (Å²) < 4.78 is 6.43. The number of Topliss-reactive ketones (excluding diaryl/α,β-unsaturated/α-hetero) is 1. The van der Waals surface area contributed by atoms with Crippen LogP contribution in [0.4, 0.5) is 0 Å². The van der Waals surface area contributed by atoms with Crippen molar-refractivity contribution in [2.24, 2.45) is 11.8 Å². The van der Waals surface area contributed by atoms with Gasteiger partial charge in [0.25, 0.3) is 0 Å². The van der Waals surface area contributed by atoms with Crippen LogP contribution in [0.3, 0.4) is 0 Å². The minimum absolute atomic E-state index is 0.0812. The zero-order valence-corrected chi connectivity index (χ0v) is 17.8. The standard InChI is InChI=1S/C20H36O3Si/c1-9-10-11-12-18(23-24(7,8)20(4,5)6)14-19(22)17(3)13-16(2)15-21/h9-12,15-18H,13-14H2,1-8H3/b10-9+,12-11+. The summed E-state index contributed by atoms with van der Waals surface area (Å²) in [7, 11) is -1.95. The summed E-state index contributed by atoms with van der Waals surface area (Å²) in [5.74, 6) is -0.0364. The number of hydrogen-bond acceptors (Lipinski definition) is 3. The summed E-state index contributed by atoms with van der Waals surface area (Å²) in [6.07, 6.45) is 9.52. The fraction of sp³-hybridized carbons (Fsp3) is 0.700. The fourth-order valence-corrected chi connectivity index (χ4v) is 3.42. The zero-order valence-electron chi connectivity index (χ0n) is 16.8. The van der Waals surface area contributed by atoms with Gasteiger partial charge in [0.1, 0.15) is 12.1 Å². The molecule has 3 atom stereocenters. The highest BCUT2D eigenvalue weighted by molar-refractivity contribution is 6.74. The number of aldehydes is 1. The van der Waals surface area contributed by atoms with Crippen molar-refractivity contribution < 1.29 is 14.0 Å². The second kappa shape index (κ2) is 10.1. The molecule has 3 unspecified atom stereocenters. The summed E-state index contributed by atoms with van der Waals surface area (Å²) >= 11 is 0. The Balaban J connectivity index is 5.09. The van der Waals surface area contributed by atoms with E-state index in [2.05, 4.69) is 33.9 Å². The Morgan fingerprint density at radius 2 is 1.75 bits per heavy atom. The first-order chi connectivity index (χ1) is 10.9. The molecular formula is C20H36O3Si. The molecular weight excluding hydrogens is 316 g/mol. The molecule has 138 valence electrons. The van der Waals surface area contributed by atoms with Crippen LogP contribution in [-0.2, 0) is 14.0 Å². The van der Waals surface area contributed by atoms with Crippen molar-refractivity contribution in [1.82, 2.24) is 0 Å². The van der Waals surface area contributed by atoms with Crippen molar-refractivity contribution >= 4 is 20.4 Å². The molecule has 0 heterocycles. The molecule has 0 aromatic rings. The Morgan fingerprint density at radius 3 is 2.21 bits per heavy atom. The third-order valence-corrected chi connectivity index (χ3v) is 9.30. The molecule has 0 spiro atoms. The average molecular weight is 353 g/mol. The predicted molar refractivity (Wildman–Crippen MR) is 105 cm³/mol. The zero-order chi connectivity index (χ0) is 19.0. The van der Waals surface area contributed by atoms with Gasteiger partial charge in [-0.1, -0.05) is 58.9 Å². The third-order valence-electron chi connectivity index (χ3n) is 4.79. The SMILES string of the molecule is C/C=C/C=C/C(CC(=O)C(C)CC(C)C=O)O[Si](C)(C)C(C)(C)C. The van der Waals surface area contributed by atoms with Gasteiger partial charge >= 0.3 is 0 Å². The van der Waals surface area contributed by atoms with Crippen molar-refractivity contribution in [3.05, 3.63) is 24.3 Å². The van der Waals surface area contributed by atoms with Crippen molar-refractivity contribution in [3.63, 3.8) is 0 Å². The molecule has 24 heavy (non-hydrogen) atoms. The molecule has 4 heteroatoms. The smallest absolute Gasteiger partial charge is 0.192 e. The van der Waals surface area contributed by atoms with E-state index in [-0.39, 0.29) is 28.8 Å². The molecule has 0 N–H and O–H groups in total. The normalized spacial score (nSPS) is 17.2. The van der Waals surface area contributed by atoms with Gasteiger partial charge in [-0.15, -0.1) is 0 Å². The Labute approximate surface area is 149 Å². The Bertz CT molecular complexity index is 458. The van der Waals surface area contributed by atoms with E-state index in [1.165, 1.54) is 0 Å². The van der Waals surface area contributed by atoms with Gasteiger partial charge in [0.15, 0.2) is 8.32 Å². The van der Waals surface area contributed by atoms with Crippen LogP contribution in [0.25, 0.3) is 0 Å². The van der Waals surface area contributed by atoms with Gasteiger partial charge in [-0.2, -0.15) is 0 Å². The van der Waals surface area contributed by atoms with Crippen molar-refractivity contribution in [1.29, 1.82) is 0 Å². The predicted octanol–water partition coefficient (Wildman–Crippen LogP) is 5.33. The lowest BCUT2D eigenvalue weighted by Crippen LogP contribution is -2.44. The van der Waals surface area contributed by atoms with Crippen LogP contribution >= 0.6 is 0 Å². The van der Waals surface area contributed by atoms with Crippen molar-refractivity contribution in [2.45, 2.75) is 78.6 Å². The molecule has 0 aliphatic heterocycles. The molecule has 0 aliphatic carbocycles. The van der Waals surface area contributed by atoms with Crippen LogP contribution in [-0.4, -0.2) is 26.5 Å². The summed E-state index contributed by atoms with van der Waals surface area (Å²) in [6, 6.07) is 0. The summed E-state index contributed by atoms with van der Waals surface area (Å²) in [6.45, 7) is 16.7. The molecule has 0 saturated carbocycles. The van der Waals surface area contributed by atoms with Gasteiger partial charge in [-0.3, -0.25) is 4.79 Å². The van der Waals surface area contributed by atoms with E-state index in [0.29, 0.717) is 12.8 Å². The first kappa shape index (κ1) is 23.0. The fourth-order valence-electron chi connectivity index (χ4n) is 2.15. The molecule has 0 rings (SSSR count). The van der Waals surface area contributed by atoms with E-state index in [9.17, 15) is 9.59 Å². The number of allylic oxidation sites excluding steroid dienone is 3. The molecule has 0 aliphatic rings. The van der Waals surface area contributed by atoms with Crippen molar-refractivity contribution in [2.75, 3.05) is 0 Å². The maximum absolute atomic E-state index is 12.5. The van der Waals surface area contributed by atoms with E-state index >= 15 is 0 Å². The number of ketones is 1. The summed E-state index contributed by atoms with van der Waals surface area (Å²) in [5.41, 5.74) is 0. The number of carbonyl (C=O) groups excluding carboxylic acids is 2. The monoisotopic (exact) mass is 352 g/mol. The van der Waals surface area contributed by atoms with Crippen LogP contribution in [0.1, 0.15) is 54.4 Å². The quantitative estimate of drug-likeness (QED) is 0.303. The van der Waals surface area contributed by atoms with E-state index in [4.69, 9.17) is 4.43 Å². The van der Waals surface area contributed by atoms with E-state index in [1.54, 1.807) is 0 Å². The van der Waals surface area contributed by atoms with Gasteiger partial charge in [0.2, 0.25) is 0 Å². The summed E-state index contributed by atoms with van der Waals surface area (Å²) in [4.78, 5) is 23.3. The minimum Gasteiger partial charge on any atom is -0.410 e. The first-order valence-corrected chi connectivity index (χ1v) is 11.8. The number of carbonyl (C=O) groups is 2. The van der Waals surface area contributed by atoms with Crippen LogP contribution in [0.2, 0.25) is 18.1 Å². The third kappa shape index (κ3) is 8.20. The van der Waals surface area contributed by atoms with E-state index in [1.807, 2.05) is 45.1 Å². The second-order valence-corrected chi connectivity index (χ2v) is 13.0. The summed E-state index contributed by atoms with van der Waals surface area (Å²) in [5, 5.41) is 0.0976. The molecule has 0 saturated heterocycles. The molecule has 0 fully saturated rings. The highest BCUT2D eigenvalue weighted by Crippen LogP contribution is 2.38. The van der Waals surface area contributed by atoms with Crippen LogP contribution in [0.15, 0.2) is 24.3 Å². The van der Waals surface area contributed by atoms with E-state index < -0.39 is 8.32 Å². The maximum atomic E-state index is 12.5. The van der Waals surface area contributed by atoms with Gasteiger partial charge < -0.3 is 9.22 Å². The average Bonchev–Trinajstić information content (AvgIpc) is 2.45. The lowest BCUT2D eigenvalue weighted by atomic mass is 9.92. The highest BCUT2D eigenvalue weighted by Gasteiger charge is 2.39. The van der Waals surface area contributed by atoms with Gasteiger partial charge in [-0.05, 0) is 31.5 Å². The Morgan fingerprint density at radius 1 is 1.17 bits per heavy atom.